The lowest BCUT2D eigenvalue weighted by molar-refractivity contribution is 0.0697. The van der Waals surface area contributed by atoms with Crippen LogP contribution in [-0.4, -0.2) is 62.3 Å². The molecule has 0 saturated carbocycles. The fourth-order valence-corrected chi connectivity index (χ4v) is 3.19. The average molecular weight is 289 g/mol. The molecule has 21 heavy (non-hydrogen) atoms. The molecule has 1 aromatic rings. The van der Waals surface area contributed by atoms with Gasteiger partial charge in [-0.3, -0.25) is 0 Å². The van der Waals surface area contributed by atoms with Gasteiger partial charge in [0.15, 0.2) is 0 Å². The van der Waals surface area contributed by atoms with Crippen molar-refractivity contribution in [2.24, 2.45) is 0 Å². The first-order chi connectivity index (χ1) is 10.1. The molecule has 0 spiro atoms. The number of carboxylic acid groups (broad SMARTS) is 1. The molecule has 5 nitrogen and oxygen atoms in total. The van der Waals surface area contributed by atoms with Crippen LogP contribution < -0.4 is 9.80 Å². The van der Waals surface area contributed by atoms with Crippen LogP contribution in [0.1, 0.15) is 23.2 Å². The average Bonchev–Trinajstić information content (AvgIpc) is 3.01. The highest BCUT2D eigenvalue weighted by molar-refractivity contribution is 5.96. The summed E-state index contributed by atoms with van der Waals surface area (Å²) in [5.74, 6) is -0.826. The summed E-state index contributed by atoms with van der Waals surface area (Å²) < 4.78 is 0. The highest BCUT2D eigenvalue weighted by Gasteiger charge is 2.21. The van der Waals surface area contributed by atoms with E-state index in [0.717, 1.165) is 63.5 Å². The van der Waals surface area contributed by atoms with E-state index in [1.807, 2.05) is 12.1 Å². The summed E-state index contributed by atoms with van der Waals surface area (Å²) in [4.78, 5) is 18.4. The highest BCUT2D eigenvalue weighted by atomic mass is 16.4. The number of piperazine rings is 1. The Morgan fingerprint density at radius 3 is 2.29 bits per heavy atom. The summed E-state index contributed by atoms with van der Waals surface area (Å²) in [5, 5.41) is 9.54. The molecule has 0 unspecified atom stereocenters. The first kappa shape index (κ1) is 14.2. The van der Waals surface area contributed by atoms with Crippen molar-refractivity contribution in [3.63, 3.8) is 0 Å². The maximum atomic E-state index is 11.6. The Kier molecular flexibility index (Phi) is 4.01. The van der Waals surface area contributed by atoms with Crippen molar-refractivity contribution in [1.82, 2.24) is 4.90 Å². The van der Waals surface area contributed by atoms with Gasteiger partial charge in [-0.25, -0.2) is 4.79 Å². The highest BCUT2D eigenvalue weighted by Crippen LogP contribution is 2.29. The van der Waals surface area contributed by atoms with Crippen LogP contribution in [0.25, 0.3) is 0 Å². The lowest BCUT2D eigenvalue weighted by Crippen LogP contribution is -2.44. The number of anilines is 2. The zero-order valence-electron chi connectivity index (χ0n) is 12.6. The Bertz CT molecular complexity index is 518. The van der Waals surface area contributed by atoms with Gasteiger partial charge in [0, 0.05) is 45.0 Å². The molecular weight excluding hydrogens is 266 g/mol. The van der Waals surface area contributed by atoms with Crippen molar-refractivity contribution in [1.29, 1.82) is 0 Å². The minimum absolute atomic E-state index is 0.438. The van der Waals surface area contributed by atoms with Crippen LogP contribution in [0.4, 0.5) is 11.4 Å². The van der Waals surface area contributed by atoms with Gasteiger partial charge in [0.1, 0.15) is 0 Å². The fraction of sp³-hybridized carbons (Fsp3) is 0.562. The van der Waals surface area contributed by atoms with Gasteiger partial charge >= 0.3 is 5.97 Å². The van der Waals surface area contributed by atoms with E-state index in [4.69, 9.17) is 0 Å². The SMILES string of the molecule is CN1CCN(c2ccc(N3CCCC3)c(C(=O)O)c2)CC1. The summed E-state index contributed by atoms with van der Waals surface area (Å²) in [5.41, 5.74) is 2.34. The van der Waals surface area contributed by atoms with E-state index in [1.54, 1.807) is 0 Å². The van der Waals surface area contributed by atoms with E-state index in [9.17, 15) is 9.90 Å². The zero-order chi connectivity index (χ0) is 14.8. The third-order valence-corrected chi connectivity index (χ3v) is 4.53. The Morgan fingerprint density at radius 2 is 1.67 bits per heavy atom. The second kappa shape index (κ2) is 5.93. The lowest BCUT2D eigenvalue weighted by Gasteiger charge is -2.34. The molecule has 1 N–H and O–H groups in total. The predicted molar refractivity (Wildman–Crippen MR) is 84.6 cm³/mol. The number of likely N-dealkylation sites (N-methyl/N-ethyl adjacent to an activating group) is 1. The maximum Gasteiger partial charge on any atom is 0.337 e. The van der Waals surface area contributed by atoms with Crippen molar-refractivity contribution in [3.8, 4) is 0 Å². The third kappa shape index (κ3) is 2.97. The van der Waals surface area contributed by atoms with E-state index in [0.29, 0.717) is 5.56 Å². The summed E-state index contributed by atoms with van der Waals surface area (Å²) in [6, 6.07) is 5.91. The normalized spacial score (nSPS) is 20.0. The Labute approximate surface area is 125 Å². The lowest BCUT2D eigenvalue weighted by atomic mass is 10.1. The Balaban J connectivity index is 1.86. The number of hydrogen-bond donors (Lipinski definition) is 1. The Morgan fingerprint density at radius 1 is 1.00 bits per heavy atom. The smallest absolute Gasteiger partial charge is 0.337 e. The number of carbonyl (C=O) groups is 1. The molecule has 2 heterocycles. The number of carboxylic acids is 1. The quantitative estimate of drug-likeness (QED) is 0.918. The number of hydrogen-bond acceptors (Lipinski definition) is 4. The molecule has 2 aliphatic heterocycles. The number of benzene rings is 1. The third-order valence-electron chi connectivity index (χ3n) is 4.53. The van der Waals surface area contributed by atoms with Crippen LogP contribution >= 0.6 is 0 Å². The van der Waals surface area contributed by atoms with Gasteiger partial charge in [-0.05, 0) is 38.1 Å². The molecule has 0 aliphatic carbocycles. The van der Waals surface area contributed by atoms with Gasteiger partial charge < -0.3 is 19.8 Å². The molecule has 3 rings (SSSR count). The topological polar surface area (TPSA) is 47.0 Å². The molecule has 5 heteroatoms. The van der Waals surface area contributed by atoms with E-state index in [-0.39, 0.29) is 0 Å². The first-order valence-corrected chi connectivity index (χ1v) is 7.71. The van der Waals surface area contributed by atoms with E-state index in [2.05, 4.69) is 27.8 Å². The van der Waals surface area contributed by atoms with Crippen LogP contribution in [-0.2, 0) is 0 Å². The second-order valence-corrected chi connectivity index (χ2v) is 5.99. The minimum atomic E-state index is -0.826. The van der Waals surface area contributed by atoms with Gasteiger partial charge in [-0.15, -0.1) is 0 Å². The van der Waals surface area contributed by atoms with Crippen molar-refractivity contribution < 1.29 is 9.90 Å². The molecule has 0 atom stereocenters. The molecule has 0 aromatic heterocycles. The van der Waals surface area contributed by atoms with Crippen LogP contribution in [0.5, 0.6) is 0 Å². The summed E-state index contributed by atoms with van der Waals surface area (Å²) in [6.45, 7) is 5.89. The van der Waals surface area contributed by atoms with E-state index in [1.165, 1.54) is 0 Å². The van der Waals surface area contributed by atoms with Gasteiger partial charge in [0.05, 0.1) is 11.3 Å². The summed E-state index contributed by atoms with van der Waals surface area (Å²) in [6.07, 6.45) is 2.30. The molecular formula is C16H23N3O2. The van der Waals surface area contributed by atoms with Crippen molar-refractivity contribution in [2.45, 2.75) is 12.8 Å². The van der Waals surface area contributed by atoms with Gasteiger partial charge in [0.25, 0.3) is 0 Å². The van der Waals surface area contributed by atoms with E-state index >= 15 is 0 Å². The largest absolute Gasteiger partial charge is 0.478 e. The standard InChI is InChI=1S/C16H23N3O2/c1-17-8-10-18(11-9-17)13-4-5-15(14(12-13)16(20)21)19-6-2-3-7-19/h4-5,12H,2-3,6-11H2,1H3,(H,20,21). The zero-order valence-corrected chi connectivity index (χ0v) is 12.6. The van der Waals surface area contributed by atoms with Crippen molar-refractivity contribution >= 4 is 17.3 Å². The maximum absolute atomic E-state index is 11.6. The van der Waals surface area contributed by atoms with Crippen LogP contribution in [0.15, 0.2) is 18.2 Å². The minimum Gasteiger partial charge on any atom is -0.478 e. The van der Waals surface area contributed by atoms with Gasteiger partial charge in [-0.1, -0.05) is 0 Å². The monoisotopic (exact) mass is 289 g/mol. The molecule has 0 bridgehead atoms. The number of nitrogens with zero attached hydrogens (tertiary/aromatic N) is 3. The molecule has 0 amide bonds. The number of rotatable bonds is 3. The molecule has 0 radical (unpaired) electrons. The molecule has 2 aliphatic rings. The molecule has 114 valence electrons. The van der Waals surface area contributed by atoms with Crippen LogP contribution in [0.3, 0.4) is 0 Å². The van der Waals surface area contributed by atoms with Crippen molar-refractivity contribution in [2.75, 3.05) is 56.1 Å². The molecule has 2 fully saturated rings. The predicted octanol–water partition coefficient (Wildman–Crippen LogP) is 1.74. The second-order valence-electron chi connectivity index (χ2n) is 5.99. The van der Waals surface area contributed by atoms with Crippen LogP contribution in [0, 0.1) is 0 Å². The van der Waals surface area contributed by atoms with Crippen LogP contribution in [0.2, 0.25) is 0 Å². The van der Waals surface area contributed by atoms with E-state index < -0.39 is 5.97 Å². The molecule has 2 saturated heterocycles. The summed E-state index contributed by atoms with van der Waals surface area (Å²) in [7, 11) is 2.12. The summed E-state index contributed by atoms with van der Waals surface area (Å²) >= 11 is 0. The first-order valence-electron chi connectivity index (χ1n) is 7.71. The van der Waals surface area contributed by atoms with Crippen molar-refractivity contribution in [3.05, 3.63) is 23.8 Å². The van der Waals surface area contributed by atoms with Gasteiger partial charge in [0.2, 0.25) is 0 Å². The Hall–Kier alpha value is -1.75. The molecule has 1 aromatic carbocycles. The van der Waals surface area contributed by atoms with Gasteiger partial charge in [-0.2, -0.15) is 0 Å². The number of aromatic carboxylic acids is 1. The fourth-order valence-electron chi connectivity index (χ4n) is 3.19.